The van der Waals surface area contributed by atoms with Gasteiger partial charge in [-0.2, -0.15) is 0 Å². The summed E-state index contributed by atoms with van der Waals surface area (Å²) in [5, 5.41) is 3.21. The number of Topliss-reactive ketones (excluding diaryl/α,β-unsaturated/α-hetero) is 1. The second kappa shape index (κ2) is 8.03. The standard InChI is InChI=1S/C22H23N3OS/c1-17-7-9-19(10-8-17)21(26)15-24-11-13-25(14-12-24)22-23-20(16-27-22)18-5-3-2-4-6-18/h2-10,16H,11-15H2,1H3/p+1. The molecule has 1 aliphatic rings. The molecule has 0 spiro atoms. The molecule has 4 nitrogen and oxygen atoms in total. The zero-order chi connectivity index (χ0) is 18.6. The number of carbonyl (C=O) groups is 1. The van der Waals surface area contributed by atoms with Crippen molar-refractivity contribution in [2.24, 2.45) is 0 Å². The van der Waals surface area contributed by atoms with Gasteiger partial charge in [0.25, 0.3) is 0 Å². The van der Waals surface area contributed by atoms with Crippen LogP contribution < -0.4 is 9.80 Å². The van der Waals surface area contributed by atoms with Gasteiger partial charge in [0.05, 0.1) is 31.9 Å². The molecular formula is C22H24N3OS+. The highest BCUT2D eigenvalue weighted by atomic mass is 32.1. The third-order valence-electron chi connectivity index (χ3n) is 5.09. The maximum Gasteiger partial charge on any atom is 0.216 e. The first-order valence-corrected chi connectivity index (χ1v) is 10.3. The first-order valence-electron chi connectivity index (χ1n) is 9.38. The lowest BCUT2D eigenvalue weighted by molar-refractivity contribution is -0.892. The van der Waals surface area contributed by atoms with E-state index >= 15 is 0 Å². The largest absolute Gasteiger partial charge is 0.337 e. The number of nitrogens with zero attached hydrogens (tertiary/aromatic N) is 2. The molecule has 1 N–H and O–H groups in total. The van der Waals surface area contributed by atoms with Gasteiger partial charge in [-0.3, -0.25) is 4.79 Å². The highest BCUT2D eigenvalue weighted by Crippen LogP contribution is 2.27. The zero-order valence-electron chi connectivity index (χ0n) is 15.5. The first-order chi connectivity index (χ1) is 13.2. The number of hydrogen-bond donors (Lipinski definition) is 1. The maximum absolute atomic E-state index is 12.5. The monoisotopic (exact) mass is 378 g/mol. The molecule has 138 valence electrons. The van der Waals surface area contributed by atoms with E-state index in [9.17, 15) is 4.79 Å². The minimum absolute atomic E-state index is 0.235. The van der Waals surface area contributed by atoms with Crippen molar-refractivity contribution in [2.75, 3.05) is 37.6 Å². The van der Waals surface area contributed by atoms with Crippen molar-refractivity contribution in [3.05, 3.63) is 71.1 Å². The van der Waals surface area contributed by atoms with Crippen LogP contribution in [0.2, 0.25) is 0 Å². The van der Waals surface area contributed by atoms with Crippen LogP contribution in [0, 0.1) is 6.92 Å². The molecule has 4 rings (SSSR count). The summed E-state index contributed by atoms with van der Waals surface area (Å²) < 4.78 is 0. The molecule has 0 atom stereocenters. The predicted octanol–water partition coefficient (Wildman–Crippen LogP) is 2.71. The van der Waals surface area contributed by atoms with Crippen molar-refractivity contribution in [3.8, 4) is 11.3 Å². The van der Waals surface area contributed by atoms with E-state index in [1.54, 1.807) is 11.3 Å². The molecule has 5 heteroatoms. The molecule has 0 aliphatic carbocycles. The Morgan fingerprint density at radius 1 is 1.07 bits per heavy atom. The Morgan fingerprint density at radius 2 is 1.78 bits per heavy atom. The van der Waals surface area contributed by atoms with Gasteiger partial charge in [-0.15, -0.1) is 11.3 Å². The molecule has 2 aromatic carbocycles. The number of benzene rings is 2. The highest BCUT2D eigenvalue weighted by Gasteiger charge is 2.24. The Kier molecular flexibility index (Phi) is 5.32. The van der Waals surface area contributed by atoms with Gasteiger partial charge < -0.3 is 9.80 Å². The van der Waals surface area contributed by atoms with Crippen LogP contribution in [0.1, 0.15) is 15.9 Å². The van der Waals surface area contributed by atoms with Crippen LogP contribution in [0.3, 0.4) is 0 Å². The van der Waals surface area contributed by atoms with Gasteiger partial charge >= 0.3 is 0 Å². The average molecular weight is 379 g/mol. The molecule has 3 aromatic rings. The number of rotatable bonds is 5. The minimum atomic E-state index is 0.235. The van der Waals surface area contributed by atoms with Gasteiger partial charge in [0.1, 0.15) is 6.54 Å². The summed E-state index contributed by atoms with van der Waals surface area (Å²) in [7, 11) is 0. The van der Waals surface area contributed by atoms with E-state index in [0.29, 0.717) is 6.54 Å². The fourth-order valence-corrected chi connectivity index (χ4v) is 4.30. The molecular weight excluding hydrogens is 354 g/mol. The van der Waals surface area contributed by atoms with Crippen LogP contribution in [0.4, 0.5) is 5.13 Å². The van der Waals surface area contributed by atoms with Gasteiger partial charge in [-0.25, -0.2) is 4.98 Å². The molecule has 0 radical (unpaired) electrons. The Morgan fingerprint density at radius 3 is 2.48 bits per heavy atom. The lowest BCUT2D eigenvalue weighted by Crippen LogP contribution is -3.15. The Labute approximate surface area is 164 Å². The fourth-order valence-electron chi connectivity index (χ4n) is 3.41. The second-order valence-corrected chi connectivity index (χ2v) is 7.92. The van der Waals surface area contributed by atoms with Crippen molar-refractivity contribution in [1.82, 2.24) is 4.98 Å². The predicted molar refractivity (Wildman–Crippen MR) is 111 cm³/mol. The van der Waals surface area contributed by atoms with Gasteiger partial charge in [-0.05, 0) is 6.92 Å². The number of nitrogens with one attached hydrogen (secondary N) is 1. The number of ketones is 1. The smallest absolute Gasteiger partial charge is 0.216 e. The number of piperazine rings is 1. The van der Waals surface area contributed by atoms with Gasteiger partial charge in [0.15, 0.2) is 5.13 Å². The van der Waals surface area contributed by atoms with Gasteiger partial charge in [0, 0.05) is 16.5 Å². The number of anilines is 1. The molecule has 1 aliphatic heterocycles. The van der Waals surface area contributed by atoms with Crippen molar-refractivity contribution in [3.63, 3.8) is 0 Å². The molecule has 0 bridgehead atoms. The van der Waals surface area contributed by atoms with Gasteiger partial charge in [-0.1, -0.05) is 60.2 Å². The van der Waals surface area contributed by atoms with Crippen molar-refractivity contribution in [2.45, 2.75) is 6.92 Å². The molecule has 0 saturated carbocycles. The minimum Gasteiger partial charge on any atom is -0.337 e. The van der Waals surface area contributed by atoms with E-state index in [1.807, 2.05) is 49.4 Å². The fraction of sp³-hybridized carbons (Fsp3) is 0.273. The van der Waals surface area contributed by atoms with Crippen molar-refractivity contribution < 1.29 is 9.69 Å². The normalized spacial score (nSPS) is 15.1. The Hall–Kier alpha value is -2.50. The molecule has 1 fully saturated rings. The summed E-state index contributed by atoms with van der Waals surface area (Å²) in [5.74, 6) is 0.235. The summed E-state index contributed by atoms with van der Waals surface area (Å²) in [6.45, 7) is 6.44. The first kappa shape index (κ1) is 17.9. The SMILES string of the molecule is Cc1ccc(C(=O)C[NH+]2CCN(c3nc(-c4ccccc4)cs3)CC2)cc1. The second-order valence-electron chi connectivity index (χ2n) is 7.08. The molecule has 1 aromatic heterocycles. The van der Waals surface area contributed by atoms with E-state index in [0.717, 1.165) is 48.1 Å². The lowest BCUT2D eigenvalue weighted by atomic mass is 10.1. The van der Waals surface area contributed by atoms with Gasteiger partial charge in [0.2, 0.25) is 5.78 Å². The number of aromatic nitrogens is 1. The summed E-state index contributed by atoms with van der Waals surface area (Å²) in [6.07, 6.45) is 0. The third-order valence-corrected chi connectivity index (χ3v) is 5.99. The molecule has 27 heavy (non-hydrogen) atoms. The van der Waals surface area contributed by atoms with E-state index in [4.69, 9.17) is 4.98 Å². The quantitative estimate of drug-likeness (QED) is 0.694. The van der Waals surface area contributed by atoms with E-state index in [1.165, 1.54) is 10.5 Å². The van der Waals surface area contributed by atoms with Crippen LogP contribution in [0.25, 0.3) is 11.3 Å². The number of quaternary nitrogens is 1. The summed E-state index contributed by atoms with van der Waals surface area (Å²) in [5.41, 5.74) is 4.21. The number of carbonyl (C=O) groups excluding carboxylic acids is 1. The number of thiazole rings is 1. The molecule has 0 unspecified atom stereocenters. The number of aryl methyl sites for hydroxylation is 1. The van der Waals surface area contributed by atoms with E-state index < -0.39 is 0 Å². The van der Waals surface area contributed by atoms with Crippen molar-refractivity contribution >= 4 is 22.3 Å². The zero-order valence-corrected chi connectivity index (χ0v) is 16.3. The van der Waals surface area contributed by atoms with Crippen LogP contribution in [-0.2, 0) is 0 Å². The molecule has 0 amide bonds. The molecule has 1 saturated heterocycles. The van der Waals surface area contributed by atoms with Crippen molar-refractivity contribution in [1.29, 1.82) is 0 Å². The Bertz CT molecular complexity index is 897. The van der Waals surface area contributed by atoms with E-state index in [-0.39, 0.29) is 5.78 Å². The average Bonchev–Trinajstić information content (AvgIpc) is 3.20. The van der Waals surface area contributed by atoms with Crippen LogP contribution >= 0.6 is 11.3 Å². The maximum atomic E-state index is 12.5. The topological polar surface area (TPSA) is 37.6 Å². The van der Waals surface area contributed by atoms with E-state index in [2.05, 4.69) is 22.4 Å². The highest BCUT2D eigenvalue weighted by molar-refractivity contribution is 7.14. The summed E-state index contributed by atoms with van der Waals surface area (Å²) in [4.78, 5) is 21.0. The third kappa shape index (κ3) is 4.26. The Balaban J connectivity index is 1.33. The lowest BCUT2D eigenvalue weighted by Gasteiger charge is -2.31. The van der Waals surface area contributed by atoms with Crippen LogP contribution in [0.5, 0.6) is 0 Å². The number of hydrogen-bond acceptors (Lipinski definition) is 4. The van der Waals surface area contributed by atoms with Crippen LogP contribution in [0.15, 0.2) is 60.0 Å². The summed E-state index contributed by atoms with van der Waals surface area (Å²) >= 11 is 1.70. The van der Waals surface area contributed by atoms with Crippen LogP contribution in [-0.4, -0.2) is 43.5 Å². The summed E-state index contributed by atoms with van der Waals surface area (Å²) in [6, 6.07) is 18.2. The molecule has 2 heterocycles.